The van der Waals surface area contributed by atoms with Crippen molar-refractivity contribution in [1.29, 1.82) is 0 Å². The van der Waals surface area contributed by atoms with Gasteiger partial charge < -0.3 is 11.1 Å². The Balaban J connectivity index is 1.79. The maximum absolute atomic E-state index is 6.11. The van der Waals surface area contributed by atoms with Gasteiger partial charge in [-0.2, -0.15) is 0 Å². The molecular formula is C13H20N2. The minimum atomic E-state index is 0.131. The first-order valence-electron chi connectivity index (χ1n) is 5.90. The van der Waals surface area contributed by atoms with Crippen LogP contribution in [0, 0.1) is 0 Å². The highest BCUT2D eigenvalue weighted by Crippen LogP contribution is 2.18. The summed E-state index contributed by atoms with van der Waals surface area (Å²) in [5, 5.41) is 3.55. The molecule has 0 radical (unpaired) electrons. The molecule has 0 bridgehead atoms. The van der Waals surface area contributed by atoms with Gasteiger partial charge in [-0.3, -0.25) is 0 Å². The molecule has 1 unspecified atom stereocenters. The lowest BCUT2D eigenvalue weighted by molar-refractivity contribution is 0.492. The van der Waals surface area contributed by atoms with E-state index in [1.165, 1.54) is 31.2 Å². The molecule has 2 nitrogen and oxygen atoms in total. The van der Waals surface area contributed by atoms with Gasteiger partial charge in [0, 0.05) is 18.6 Å². The average molecular weight is 204 g/mol. The van der Waals surface area contributed by atoms with Gasteiger partial charge in [0.1, 0.15) is 0 Å². The number of nitrogens with one attached hydrogen (secondary N) is 1. The summed E-state index contributed by atoms with van der Waals surface area (Å²) in [7, 11) is 0. The first-order chi connectivity index (χ1) is 7.36. The fourth-order valence-electron chi connectivity index (χ4n) is 2.24. The van der Waals surface area contributed by atoms with Crippen LogP contribution < -0.4 is 11.1 Å². The van der Waals surface area contributed by atoms with Crippen LogP contribution in [0.4, 0.5) is 0 Å². The highest BCUT2D eigenvalue weighted by molar-refractivity contribution is 5.18. The Morgan fingerprint density at radius 1 is 1.20 bits per heavy atom. The molecule has 1 saturated carbocycles. The molecule has 0 aromatic heterocycles. The molecule has 2 heteroatoms. The third-order valence-corrected chi connectivity index (χ3v) is 3.21. The maximum Gasteiger partial charge on any atom is 0.0421 e. The normalized spacial score (nSPS) is 19.3. The van der Waals surface area contributed by atoms with E-state index in [0.29, 0.717) is 6.04 Å². The van der Waals surface area contributed by atoms with Crippen LogP contribution in [-0.4, -0.2) is 12.6 Å². The number of hydrogen-bond acceptors (Lipinski definition) is 2. The molecule has 0 aliphatic heterocycles. The third kappa shape index (κ3) is 3.05. The van der Waals surface area contributed by atoms with Crippen LogP contribution in [0.1, 0.15) is 37.3 Å². The predicted molar refractivity (Wildman–Crippen MR) is 63.6 cm³/mol. The number of nitrogens with two attached hydrogens (primary N) is 1. The zero-order valence-electron chi connectivity index (χ0n) is 9.15. The van der Waals surface area contributed by atoms with Gasteiger partial charge in [-0.1, -0.05) is 43.2 Å². The van der Waals surface area contributed by atoms with Gasteiger partial charge in [-0.05, 0) is 18.4 Å². The largest absolute Gasteiger partial charge is 0.323 e. The summed E-state index contributed by atoms with van der Waals surface area (Å²) in [6, 6.07) is 11.2. The van der Waals surface area contributed by atoms with Crippen LogP contribution in [0.15, 0.2) is 30.3 Å². The quantitative estimate of drug-likeness (QED) is 0.789. The molecule has 2 rings (SSSR count). The van der Waals surface area contributed by atoms with E-state index in [-0.39, 0.29) is 6.04 Å². The molecule has 3 N–H and O–H groups in total. The highest BCUT2D eigenvalue weighted by atomic mass is 14.9. The van der Waals surface area contributed by atoms with Crippen molar-refractivity contribution in [2.75, 3.05) is 6.54 Å². The second-order valence-corrected chi connectivity index (χ2v) is 4.41. The zero-order valence-corrected chi connectivity index (χ0v) is 9.15. The molecule has 1 fully saturated rings. The minimum absolute atomic E-state index is 0.131. The molecule has 1 aliphatic rings. The van der Waals surface area contributed by atoms with E-state index in [1.807, 2.05) is 18.2 Å². The fourth-order valence-corrected chi connectivity index (χ4v) is 2.24. The van der Waals surface area contributed by atoms with E-state index in [4.69, 9.17) is 5.73 Å². The molecule has 0 heterocycles. The van der Waals surface area contributed by atoms with Crippen LogP contribution in [0.25, 0.3) is 0 Å². The second-order valence-electron chi connectivity index (χ2n) is 4.41. The summed E-state index contributed by atoms with van der Waals surface area (Å²) in [5.41, 5.74) is 7.34. The van der Waals surface area contributed by atoms with Crippen molar-refractivity contribution in [1.82, 2.24) is 5.32 Å². The molecule has 0 saturated heterocycles. The highest BCUT2D eigenvalue weighted by Gasteiger charge is 2.15. The number of benzene rings is 1. The van der Waals surface area contributed by atoms with Gasteiger partial charge in [0.05, 0.1) is 0 Å². The molecule has 0 spiro atoms. The predicted octanol–water partition coefficient (Wildman–Crippen LogP) is 2.22. The molecule has 0 amide bonds. The maximum atomic E-state index is 6.11. The zero-order chi connectivity index (χ0) is 10.5. The van der Waals surface area contributed by atoms with Gasteiger partial charge in [0.25, 0.3) is 0 Å². The van der Waals surface area contributed by atoms with E-state index in [9.17, 15) is 0 Å². The Kier molecular flexibility index (Phi) is 3.75. The van der Waals surface area contributed by atoms with Gasteiger partial charge in [-0.15, -0.1) is 0 Å². The van der Waals surface area contributed by atoms with Crippen LogP contribution in [0.3, 0.4) is 0 Å². The van der Waals surface area contributed by atoms with Crippen LogP contribution >= 0.6 is 0 Å². The Morgan fingerprint density at radius 2 is 1.87 bits per heavy atom. The van der Waals surface area contributed by atoms with Crippen molar-refractivity contribution in [3.8, 4) is 0 Å². The van der Waals surface area contributed by atoms with Crippen molar-refractivity contribution >= 4 is 0 Å². The van der Waals surface area contributed by atoms with Gasteiger partial charge >= 0.3 is 0 Å². The lowest BCUT2D eigenvalue weighted by Crippen LogP contribution is -2.33. The molecule has 15 heavy (non-hydrogen) atoms. The van der Waals surface area contributed by atoms with Gasteiger partial charge in [0.15, 0.2) is 0 Å². The Bertz CT molecular complexity index is 278. The monoisotopic (exact) mass is 204 g/mol. The summed E-state index contributed by atoms with van der Waals surface area (Å²) in [4.78, 5) is 0. The van der Waals surface area contributed by atoms with Crippen molar-refractivity contribution in [3.63, 3.8) is 0 Å². The van der Waals surface area contributed by atoms with E-state index in [0.717, 1.165) is 6.54 Å². The van der Waals surface area contributed by atoms with Crippen molar-refractivity contribution in [2.24, 2.45) is 5.73 Å². The Morgan fingerprint density at radius 3 is 2.53 bits per heavy atom. The second kappa shape index (κ2) is 5.29. The minimum Gasteiger partial charge on any atom is -0.323 e. The standard InChI is InChI=1S/C13H20N2/c14-13(11-6-2-1-3-7-11)10-15-12-8-4-5-9-12/h1-3,6-7,12-13,15H,4-5,8-10,14H2. The summed E-state index contributed by atoms with van der Waals surface area (Å²) in [6.07, 6.45) is 5.39. The SMILES string of the molecule is NC(CNC1CCCC1)c1ccccc1. The number of hydrogen-bond donors (Lipinski definition) is 2. The first-order valence-corrected chi connectivity index (χ1v) is 5.90. The summed E-state index contributed by atoms with van der Waals surface area (Å²) in [6.45, 7) is 0.898. The van der Waals surface area contributed by atoms with Crippen molar-refractivity contribution < 1.29 is 0 Å². The van der Waals surface area contributed by atoms with E-state index < -0.39 is 0 Å². The number of rotatable bonds is 4. The fraction of sp³-hybridized carbons (Fsp3) is 0.538. The molecular weight excluding hydrogens is 184 g/mol. The average Bonchev–Trinajstić information content (AvgIpc) is 2.80. The third-order valence-electron chi connectivity index (χ3n) is 3.21. The lowest BCUT2D eigenvalue weighted by Gasteiger charge is -2.17. The molecule has 1 aromatic carbocycles. The molecule has 1 aromatic rings. The summed E-state index contributed by atoms with van der Waals surface area (Å²) >= 11 is 0. The first kappa shape index (κ1) is 10.7. The van der Waals surface area contributed by atoms with Crippen LogP contribution in [0.5, 0.6) is 0 Å². The Labute approximate surface area is 91.9 Å². The van der Waals surface area contributed by atoms with Crippen molar-refractivity contribution in [3.05, 3.63) is 35.9 Å². The summed E-state index contributed by atoms with van der Waals surface area (Å²) in [5.74, 6) is 0. The summed E-state index contributed by atoms with van der Waals surface area (Å²) < 4.78 is 0. The van der Waals surface area contributed by atoms with Crippen molar-refractivity contribution in [2.45, 2.75) is 37.8 Å². The van der Waals surface area contributed by atoms with Crippen LogP contribution in [0.2, 0.25) is 0 Å². The Hall–Kier alpha value is -0.860. The van der Waals surface area contributed by atoms with E-state index in [2.05, 4.69) is 17.4 Å². The van der Waals surface area contributed by atoms with Gasteiger partial charge in [0.2, 0.25) is 0 Å². The molecule has 82 valence electrons. The smallest absolute Gasteiger partial charge is 0.0421 e. The van der Waals surface area contributed by atoms with E-state index in [1.54, 1.807) is 0 Å². The van der Waals surface area contributed by atoms with Gasteiger partial charge in [-0.25, -0.2) is 0 Å². The lowest BCUT2D eigenvalue weighted by atomic mass is 10.1. The van der Waals surface area contributed by atoms with E-state index >= 15 is 0 Å². The molecule has 1 atom stereocenters. The van der Waals surface area contributed by atoms with Crippen LogP contribution in [-0.2, 0) is 0 Å². The topological polar surface area (TPSA) is 38.0 Å². The molecule has 1 aliphatic carbocycles.